The fourth-order valence-corrected chi connectivity index (χ4v) is 2.39. The molecule has 1 atom stereocenters. The van der Waals surface area contributed by atoms with Gasteiger partial charge in [0.1, 0.15) is 6.10 Å². The third-order valence-electron chi connectivity index (χ3n) is 3.67. The molecule has 2 aliphatic rings. The van der Waals surface area contributed by atoms with E-state index in [1.165, 1.54) is 12.8 Å². The molecule has 1 aromatic carbocycles. The topological polar surface area (TPSA) is 41.6 Å². The van der Waals surface area contributed by atoms with Gasteiger partial charge in [-0.3, -0.25) is 4.79 Å². The maximum Gasteiger partial charge on any atom is 0.257 e. The van der Waals surface area contributed by atoms with Crippen LogP contribution in [0.1, 0.15) is 12.8 Å². The van der Waals surface area contributed by atoms with Gasteiger partial charge in [0.05, 0.1) is 6.61 Å². The van der Waals surface area contributed by atoms with Crippen molar-refractivity contribution in [3.8, 4) is 0 Å². The van der Waals surface area contributed by atoms with Gasteiger partial charge in [0.15, 0.2) is 0 Å². The summed E-state index contributed by atoms with van der Waals surface area (Å²) in [5.41, 5.74) is 0.980. The summed E-state index contributed by atoms with van der Waals surface area (Å²) in [6.07, 6.45) is 2.13. The van der Waals surface area contributed by atoms with E-state index in [9.17, 15) is 4.79 Å². The summed E-state index contributed by atoms with van der Waals surface area (Å²) >= 11 is 0. The van der Waals surface area contributed by atoms with Crippen LogP contribution in [0.5, 0.6) is 0 Å². The van der Waals surface area contributed by atoms with Gasteiger partial charge in [-0.1, -0.05) is 18.2 Å². The van der Waals surface area contributed by atoms with Crippen molar-refractivity contribution in [1.82, 2.24) is 5.32 Å². The number of hydrogen-bond donors (Lipinski definition) is 1. The van der Waals surface area contributed by atoms with E-state index in [0.29, 0.717) is 19.1 Å². The van der Waals surface area contributed by atoms with Crippen molar-refractivity contribution >= 4 is 11.6 Å². The summed E-state index contributed by atoms with van der Waals surface area (Å²) < 4.78 is 5.59. The van der Waals surface area contributed by atoms with Gasteiger partial charge in [-0.25, -0.2) is 0 Å². The highest BCUT2D eigenvalue weighted by Gasteiger charge is 2.32. The lowest BCUT2D eigenvalue weighted by Gasteiger charge is -2.30. The molecule has 1 aromatic rings. The van der Waals surface area contributed by atoms with Crippen molar-refractivity contribution in [1.29, 1.82) is 0 Å². The average molecular weight is 260 g/mol. The molecule has 0 aromatic heterocycles. The Bertz CT molecular complexity index is 425. The SMILES string of the molecule is O=C(C1CNCCO1)N(CC1CC1)c1ccccc1. The summed E-state index contributed by atoms with van der Waals surface area (Å²) in [6, 6.07) is 9.92. The van der Waals surface area contributed by atoms with E-state index in [4.69, 9.17) is 4.74 Å². The van der Waals surface area contributed by atoms with Crippen LogP contribution in [0, 0.1) is 5.92 Å². The third-order valence-corrected chi connectivity index (χ3v) is 3.67. The largest absolute Gasteiger partial charge is 0.366 e. The molecule has 0 bridgehead atoms. The van der Waals surface area contributed by atoms with Gasteiger partial charge in [0.2, 0.25) is 0 Å². The standard InChI is InChI=1S/C15H20N2O2/c18-15(14-10-16-8-9-19-14)17(11-12-6-7-12)13-4-2-1-3-5-13/h1-5,12,14,16H,6-11H2. The summed E-state index contributed by atoms with van der Waals surface area (Å²) in [5, 5.41) is 3.22. The number of rotatable bonds is 4. The number of para-hydroxylation sites is 1. The van der Waals surface area contributed by atoms with E-state index >= 15 is 0 Å². The lowest BCUT2D eigenvalue weighted by molar-refractivity contribution is -0.131. The summed E-state index contributed by atoms with van der Waals surface area (Å²) in [4.78, 5) is 14.5. The van der Waals surface area contributed by atoms with Gasteiger partial charge in [-0.05, 0) is 30.9 Å². The monoisotopic (exact) mass is 260 g/mol. The third kappa shape index (κ3) is 3.14. The average Bonchev–Trinajstić information content (AvgIpc) is 3.30. The molecule has 19 heavy (non-hydrogen) atoms. The number of benzene rings is 1. The lowest BCUT2D eigenvalue weighted by atomic mass is 10.2. The second-order valence-corrected chi connectivity index (χ2v) is 5.29. The highest BCUT2D eigenvalue weighted by molar-refractivity contribution is 5.96. The van der Waals surface area contributed by atoms with Gasteiger partial charge in [-0.2, -0.15) is 0 Å². The highest BCUT2D eigenvalue weighted by atomic mass is 16.5. The Kier molecular flexibility index (Phi) is 3.80. The Hall–Kier alpha value is -1.39. The Morgan fingerprint density at radius 3 is 2.74 bits per heavy atom. The molecule has 1 unspecified atom stereocenters. The highest BCUT2D eigenvalue weighted by Crippen LogP contribution is 2.31. The molecule has 4 heteroatoms. The molecule has 1 amide bonds. The van der Waals surface area contributed by atoms with E-state index in [0.717, 1.165) is 18.8 Å². The van der Waals surface area contributed by atoms with Crippen LogP contribution in [0.2, 0.25) is 0 Å². The van der Waals surface area contributed by atoms with Crippen LogP contribution in [0.4, 0.5) is 5.69 Å². The number of anilines is 1. The van der Waals surface area contributed by atoms with E-state index in [1.54, 1.807) is 0 Å². The minimum atomic E-state index is -0.340. The van der Waals surface area contributed by atoms with Crippen molar-refractivity contribution in [2.24, 2.45) is 5.92 Å². The number of ether oxygens (including phenoxy) is 1. The number of nitrogens with zero attached hydrogens (tertiary/aromatic N) is 1. The number of carbonyl (C=O) groups is 1. The van der Waals surface area contributed by atoms with Crippen LogP contribution in [0.3, 0.4) is 0 Å². The molecule has 3 rings (SSSR count). The molecular weight excluding hydrogens is 240 g/mol. The molecule has 102 valence electrons. The first-order valence-corrected chi connectivity index (χ1v) is 7.03. The van der Waals surface area contributed by atoms with Gasteiger partial charge >= 0.3 is 0 Å². The molecule has 1 aliphatic carbocycles. The zero-order valence-electron chi connectivity index (χ0n) is 11.0. The van der Waals surface area contributed by atoms with Crippen molar-refractivity contribution in [2.75, 3.05) is 31.1 Å². The quantitative estimate of drug-likeness (QED) is 0.890. The zero-order chi connectivity index (χ0) is 13.1. The molecule has 1 aliphatic heterocycles. The number of morpholine rings is 1. The van der Waals surface area contributed by atoms with Crippen LogP contribution in [-0.4, -0.2) is 38.3 Å². The smallest absolute Gasteiger partial charge is 0.257 e. The minimum absolute atomic E-state index is 0.0882. The van der Waals surface area contributed by atoms with E-state index < -0.39 is 0 Å². The van der Waals surface area contributed by atoms with Crippen molar-refractivity contribution in [3.05, 3.63) is 30.3 Å². The second kappa shape index (κ2) is 5.72. The first-order valence-electron chi connectivity index (χ1n) is 7.03. The number of amides is 1. The normalized spacial score (nSPS) is 23.1. The van der Waals surface area contributed by atoms with Crippen LogP contribution >= 0.6 is 0 Å². The summed E-state index contributed by atoms with van der Waals surface area (Å²) in [7, 11) is 0. The number of hydrogen-bond acceptors (Lipinski definition) is 3. The lowest BCUT2D eigenvalue weighted by Crippen LogP contribution is -2.50. The molecule has 1 N–H and O–H groups in total. The summed E-state index contributed by atoms with van der Waals surface area (Å²) in [6.45, 7) is 2.88. The van der Waals surface area contributed by atoms with Crippen LogP contribution < -0.4 is 10.2 Å². The molecule has 0 radical (unpaired) electrons. The van der Waals surface area contributed by atoms with Gasteiger partial charge in [0.25, 0.3) is 5.91 Å². The molecule has 1 saturated heterocycles. The maximum atomic E-state index is 12.6. The number of carbonyl (C=O) groups excluding carboxylic acids is 1. The fraction of sp³-hybridized carbons (Fsp3) is 0.533. The van der Waals surface area contributed by atoms with Crippen molar-refractivity contribution in [3.63, 3.8) is 0 Å². The van der Waals surface area contributed by atoms with E-state index in [2.05, 4.69) is 5.32 Å². The van der Waals surface area contributed by atoms with Crippen molar-refractivity contribution in [2.45, 2.75) is 18.9 Å². The predicted octanol–water partition coefficient (Wildman–Crippen LogP) is 1.42. The maximum absolute atomic E-state index is 12.6. The predicted molar refractivity (Wildman–Crippen MR) is 74.1 cm³/mol. The Morgan fingerprint density at radius 2 is 2.11 bits per heavy atom. The fourth-order valence-electron chi connectivity index (χ4n) is 2.39. The summed E-state index contributed by atoms with van der Waals surface area (Å²) in [5.74, 6) is 0.756. The van der Waals surface area contributed by atoms with Gasteiger partial charge in [0, 0.05) is 25.3 Å². The van der Waals surface area contributed by atoms with Crippen LogP contribution in [0.25, 0.3) is 0 Å². The second-order valence-electron chi connectivity index (χ2n) is 5.29. The first-order chi connectivity index (χ1) is 9.34. The molecule has 0 spiro atoms. The Labute approximate surface area is 113 Å². The number of nitrogens with one attached hydrogen (secondary N) is 1. The minimum Gasteiger partial charge on any atom is -0.366 e. The molecular formula is C15H20N2O2. The first kappa shape index (κ1) is 12.6. The zero-order valence-corrected chi connectivity index (χ0v) is 11.0. The Balaban J connectivity index is 1.75. The van der Waals surface area contributed by atoms with E-state index in [-0.39, 0.29) is 12.0 Å². The molecule has 2 fully saturated rings. The molecule has 4 nitrogen and oxygen atoms in total. The molecule has 1 saturated carbocycles. The van der Waals surface area contributed by atoms with Crippen LogP contribution in [0.15, 0.2) is 30.3 Å². The van der Waals surface area contributed by atoms with Crippen LogP contribution in [-0.2, 0) is 9.53 Å². The van der Waals surface area contributed by atoms with E-state index in [1.807, 2.05) is 35.2 Å². The van der Waals surface area contributed by atoms with Gasteiger partial charge < -0.3 is 15.0 Å². The van der Waals surface area contributed by atoms with Crippen molar-refractivity contribution < 1.29 is 9.53 Å². The van der Waals surface area contributed by atoms with Gasteiger partial charge in [-0.15, -0.1) is 0 Å². The molecule has 1 heterocycles. The Morgan fingerprint density at radius 1 is 1.32 bits per heavy atom.